The maximum absolute atomic E-state index is 14.2. The molecule has 2 aromatic carbocycles. The third kappa shape index (κ3) is 4.06. The second-order valence-electron chi connectivity index (χ2n) is 6.25. The van der Waals surface area contributed by atoms with Crippen LogP contribution in [0.4, 0.5) is 8.78 Å². The minimum absolute atomic E-state index is 0.00983. The van der Waals surface area contributed by atoms with E-state index in [2.05, 4.69) is 15.3 Å². The normalized spacial score (nSPS) is 10.8. The Kier molecular flexibility index (Phi) is 5.15. The van der Waals surface area contributed by atoms with Gasteiger partial charge < -0.3 is 14.5 Å². The molecule has 0 aliphatic carbocycles. The number of ether oxygens (including phenoxy) is 1. The van der Waals surface area contributed by atoms with Crippen molar-refractivity contribution in [1.29, 1.82) is 0 Å². The molecule has 0 fully saturated rings. The van der Waals surface area contributed by atoms with Crippen molar-refractivity contribution in [2.45, 2.75) is 13.2 Å². The second-order valence-corrected chi connectivity index (χ2v) is 6.25. The van der Waals surface area contributed by atoms with Gasteiger partial charge >= 0.3 is 0 Å². The van der Waals surface area contributed by atoms with Gasteiger partial charge in [0, 0.05) is 42.5 Å². The van der Waals surface area contributed by atoms with Crippen molar-refractivity contribution in [2.24, 2.45) is 0 Å². The van der Waals surface area contributed by atoms with Crippen LogP contribution in [0.5, 0.6) is 5.75 Å². The van der Waals surface area contributed by atoms with E-state index < -0.39 is 11.7 Å². The van der Waals surface area contributed by atoms with Gasteiger partial charge in [-0.05, 0) is 24.3 Å². The number of nitrogens with one attached hydrogen (secondary N) is 1. The van der Waals surface area contributed by atoms with Crippen LogP contribution in [-0.4, -0.2) is 20.3 Å². The monoisotopic (exact) mass is 394 g/mol. The van der Waals surface area contributed by atoms with Crippen LogP contribution in [0.3, 0.4) is 0 Å². The Bertz CT molecular complexity index is 1180. The predicted octanol–water partition coefficient (Wildman–Crippen LogP) is 3.52. The highest BCUT2D eigenvalue weighted by molar-refractivity contribution is 5.97. The van der Waals surface area contributed by atoms with Gasteiger partial charge in [0.1, 0.15) is 24.0 Å². The highest BCUT2D eigenvalue weighted by Crippen LogP contribution is 2.19. The van der Waals surface area contributed by atoms with Gasteiger partial charge in [0.2, 0.25) is 0 Å². The zero-order valence-electron chi connectivity index (χ0n) is 15.2. The molecule has 146 valence electrons. The lowest BCUT2D eigenvalue weighted by Crippen LogP contribution is -2.25. The van der Waals surface area contributed by atoms with Crippen LogP contribution < -0.4 is 10.1 Å². The van der Waals surface area contributed by atoms with Crippen molar-refractivity contribution in [1.82, 2.24) is 19.7 Å². The van der Waals surface area contributed by atoms with Gasteiger partial charge in [-0.15, -0.1) is 0 Å². The summed E-state index contributed by atoms with van der Waals surface area (Å²) < 4.78 is 35.1. The highest BCUT2D eigenvalue weighted by Gasteiger charge is 2.14. The molecule has 0 radical (unpaired) electrons. The average Bonchev–Trinajstić information content (AvgIpc) is 3.22. The van der Waals surface area contributed by atoms with E-state index in [1.54, 1.807) is 41.2 Å². The molecular formula is C21H16F2N4O2. The van der Waals surface area contributed by atoms with E-state index in [4.69, 9.17) is 4.74 Å². The number of nitrogens with zero attached hydrogens (tertiary/aromatic N) is 3. The van der Waals surface area contributed by atoms with E-state index in [0.717, 1.165) is 0 Å². The summed E-state index contributed by atoms with van der Waals surface area (Å²) in [6, 6.07) is 10.4. The molecule has 0 aliphatic heterocycles. The number of carbonyl (C=O) groups is 1. The first-order valence-corrected chi connectivity index (χ1v) is 8.82. The molecule has 8 heteroatoms. The van der Waals surface area contributed by atoms with Gasteiger partial charge in [-0.2, -0.15) is 0 Å². The predicted molar refractivity (Wildman–Crippen MR) is 101 cm³/mol. The van der Waals surface area contributed by atoms with Crippen molar-refractivity contribution < 1.29 is 18.3 Å². The fourth-order valence-electron chi connectivity index (χ4n) is 2.83. The lowest BCUT2D eigenvalue weighted by atomic mass is 10.2. The van der Waals surface area contributed by atoms with Gasteiger partial charge in [0.25, 0.3) is 5.91 Å². The summed E-state index contributed by atoms with van der Waals surface area (Å²) in [5, 5.41) is 2.64. The third-order valence-electron chi connectivity index (χ3n) is 4.34. The molecule has 2 aromatic heterocycles. The Labute approximate surface area is 164 Å². The van der Waals surface area contributed by atoms with E-state index in [-0.39, 0.29) is 30.2 Å². The van der Waals surface area contributed by atoms with Crippen molar-refractivity contribution >= 4 is 11.6 Å². The Balaban J connectivity index is 1.45. The smallest absolute Gasteiger partial charge is 0.274 e. The molecule has 0 atom stereocenters. The van der Waals surface area contributed by atoms with Crippen molar-refractivity contribution in [2.75, 3.05) is 0 Å². The fraction of sp³-hybridized carbons (Fsp3) is 0.0952. The van der Waals surface area contributed by atoms with E-state index >= 15 is 0 Å². The minimum atomic E-state index is -0.490. The number of aromatic nitrogens is 3. The second kappa shape index (κ2) is 8.05. The number of rotatable bonds is 6. The van der Waals surface area contributed by atoms with Crippen LogP contribution in [0, 0.1) is 11.6 Å². The standard InChI is InChI=1S/C21H16F2N4O2/c22-17-4-2-1-3-14(17)13-29-16-5-6-18(23)15(11-16)12-26-21(28)19-20-25-8-10-27(20)9-7-24-19/h1-11H,12-13H2,(H,26,28). The number of carbonyl (C=O) groups excluding carboxylic acids is 1. The van der Waals surface area contributed by atoms with Crippen LogP contribution in [0.1, 0.15) is 21.6 Å². The molecule has 6 nitrogen and oxygen atoms in total. The molecule has 0 unspecified atom stereocenters. The van der Waals surface area contributed by atoms with Crippen LogP contribution in [0.25, 0.3) is 5.65 Å². The third-order valence-corrected chi connectivity index (χ3v) is 4.34. The van der Waals surface area contributed by atoms with E-state index in [0.29, 0.717) is 17.0 Å². The zero-order chi connectivity index (χ0) is 20.2. The summed E-state index contributed by atoms with van der Waals surface area (Å²) in [6.45, 7) is -0.0547. The number of fused-ring (bicyclic) bond motifs is 1. The number of benzene rings is 2. The number of hydrogen-bond acceptors (Lipinski definition) is 4. The lowest BCUT2D eigenvalue weighted by Gasteiger charge is -2.11. The number of amides is 1. The molecule has 0 aliphatic rings. The summed E-state index contributed by atoms with van der Waals surface area (Å²) in [6.07, 6.45) is 6.42. The van der Waals surface area contributed by atoms with E-state index in [1.807, 2.05) is 0 Å². The fourth-order valence-corrected chi connectivity index (χ4v) is 2.83. The summed E-state index contributed by atoms with van der Waals surface area (Å²) in [7, 11) is 0. The van der Waals surface area contributed by atoms with Crippen molar-refractivity contribution in [3.8, 4) is 5.75 Å². The molecular weight excluding hydrogens is 378 g/mol. The Morgan fingerprint density at radius 3 is 2.59 bits per heavy atom. The first-order valence-electron chi connectivity index (χ1n) is 8.82. The summed E-state index contributed by atoms with van der Waals surface area (Å²) in [4.78, 5) is 20.6. The summed E-state index contributed by atoms with van der Waals surface area (Å²) in [5.74, 6) is -0.968. The van der Waals surface area contributed by atoms with Crippen LogP contribution in [0.15, 0.2) is 67.3 Å². The SMILES string of the molecule is O=C(NCc1cc(OCc2ccccc2F)ccc1F)c1nccn2ccnc12. The van der Waals surface area contributed by atoms with Gasteiger partial charge in [-0.1, -0.05) is 18.2 Å². The topological polar surface area (TPSA) is 68.5 Å². The quantitative estimate of drug-likeness (QED) is 0.543. The number of halogens is 2. The molecule has 0 spiro atoms. The highest BCUT2D eigenvalue weighted by atomic mass is 19.1. The van der Waals surface area contributed by atoms with Gasteiger partial charge in [-0.25, -0.2) is 18.7 Å². The largest absolute Gasteiger partial charge is 0.489 e. The lowest BCUT2D eigenvalue weighted by molar-refractivity contribution is 0.0946. The molecule has 1 amide bonds. The molecule has 4 aromatic rings. The first-order chi connectivity index (χ1) is 14.1. The molecule has 0 saturated heterocycles. The molecule has 0 saturated carbocycles. The zero-order valence-corrected chi connectivity index (χ0v) is 15.2. The van der Waals surface area contributed by atoms with Gasteiger partial charge in [0.15, 0.2) is 11.3 Å². The summed E-state index contributed by atoms with van der Waals surface area (Å²) in [5.41, 5.74) is 1.18. The van der Waals surface area contributed by atoms with Crippen molar-refractivity contribution in [3.05, 3.63) is 95.7 Å². The van der Waals surface area contributed by atoms with E-state index in [1.165, 1.54) is 30.5 Å². The van der Waals surface area contributed by atoms with E-state index in [9.17, 15) is 13.6 Å². The minimum Gasteiger partial charge on any atom is -0.489 e. The average molecular weight is 394 g/mol. The van der Waals surface area contributed by atoms with Gasteiger partial charge in [-0.3, -0.25) is 4.79 Å². The number of imidazole rings is 1. The maximum Gasteiger partial charge on any atom is 0.274 e. The summed E-state index contributed by atoms with van der Waals surface area (Å²) >= 11 is 0. The van der Waals surface area contributed by atoms with Crippen LogP contribution in [-0.2, 0) is 13.2 Å². The Morgan fingerprint density at radius 2 is 1.76 bits per heavy atom. The molecule has 4 rings (SSSR count). The molecule has 2 heterocycles. The Hall–Kier alpha value is -3.81. The first kappa shape index (κ1) is 18.5. The molecule has 1 N–H and O–H groups in total. The van der Waals surface area contributed by atoms with Crippen LogP contribution in [0.2, 0.25) is 0 Å². The van der Waals surface area contributed by atoms with Crippen LogP contribution >= 0.6 is 0 Å². The number of hydrogen-bond donors (Lipinski definition) is 1. The maximum atomic E-state index is 14.2. The molecule has 0 bridgehead atoms. The van der Waals surface area contributed by atoms with Crippen molar-refractivity contribution in [3.63, 3.8) is 0 Å². The Morgan fingerprint density at radius 1 is 1.00 bits per heavy atom. The van der Waals surface area contributed by atoms with Gasteiger partial charge in [0.05, 0.1) is 0 Å². The molecule has 29 heavy (non-hydrogen) atoms.